The van der Waals surface area contributed by atoms with E-state index in [0.717, 1.165) is 31.7 Å². The molecule has 0 radical (unpaired) electrons. The zero-order chi connectivity index (χ0) is 14.8. The molecule has 4 heteroatoms. The number of benzene rings is 1. The van der Waals surface area contributed by atoms with Gasteiger partial charge in [-0.05, 0) is 43.4 Å². The first-order valence-electron chi connectivity index (χ1n) is 7.30. The van der Waals surface area contributed by atoms with Crippen molar-refractivity contribution in [2.75, 3.05) is 6.54 Å². The first-order valence-corrected chi connectivity index (χ1v) is 7.30. The lowest BCUT2D eigenvalue weighted by Gasteiger charge is -2.36. The Balaban J connectivity index is 1.96. The molecule has 0 aromatic heterocycles. The van der Waals surface area contributed by atoms with Crippen molar-refractivity contribution in [1.82, 2.24) is 5.32 Å². The second-order valence-corrected chi connectivity index (χ2v) is 6.23. The van der Waals surface area contributed by atoms with Gasteiger partial charge in [0.05, 0.1) is 5.60 Å². The van der Waals surface area contributed by atoms with Crippen LogP contribution in [0.2, 0.25) is 0 Å². The summed E-state index contributed by atoms with van der Waals surface area (Å²) in [7, 11) is 0. The van der Waals surface area contributed by atoms with Crippen LogP contribution in [-0.4, -0.2) is 17.3 Å². The van der Waals surface area contributed by atoms with Crippen LogP contribution in [-0.2, 0) is 0 Å². The third-order valence-corrected chi connectivity index (χ3v) is 4.19. The zero-order valence-electron chi connectivity index (χ0n) is 12.1. The summed E-state index contributed by atoms with van der Waals surface area (Å²) >= 11 is 0. The third-order valence-electron chi connectivity index (χ3n) is 4.19. The maximum atomic E-state index is 13.2. The number of hydrogen-bond acceptors (Lipinski definition) is 2. The zero-order valence-corrected chi connectivity index (χ0v) is 12.1. The average Bonchev–Trinajstić information content (AvgIpc) is 2.34. The van der Waals surface area contributed by atoms with Crippen molar-refractivity contribution >= 4 is 0 Å². The van der Waals surface area contributed by atoms with Gasteiger partial charge in [-0.1, -0.05) is 19.8 Å². The molecule has 2 nitrogen and oxygen atoms in total. The summed E-state index contributed by atoms with van der Waals surface area (Å²) in [6.07, 6.45) is 3.76. The molecule has 1 aromatic carbocycles. The predicted octanol–water partition coefficient (Wildman–Crippen LogP) is 3.56. The van der Waals surface area contributed by atoms with Crippen LogP contribution in [0.3, 0.4) is 0 Å². The van der Waals surface area contributed by atoms with Gasteiger partial charge in [0.2, 0.25) is 0 Å². The maximum Gasteiger partial charge on any atom is 0.126 e. The fraction of sp³-hybridized carbons (Fsp3) is 0.625. The van der Waals surface area contributed by atoms with Crippen molar-refractivity contribution in [3.05, 3.63) is 35.4 Å². The monoisotopic (exact) mass is 283 g/mol. The van der Waals surface area contributed by atoms with Gasteiger partial charge in [0.15, 0.2) is 0 Å². The van der Waals surface area contributed by atoms with Crippen molar-refractivity contribution in [2.24, 2.45) is 5.92 Å². The molecule has 20 heavy (non-hydrogen) atoms. The lowest BCUT2D eigenvalue weighted by atomic mass is 9.79. The first-order chi connectivity index (χ1) is 9.38. The maximum absolute atomic E-state index is 13.2. The molecule has 0 spiro atoms. The number of rotatable bonds is 4. The Labute approximate surface area is 119 Å². The van der Waals surface area contributed by atoms with Gasteiger partial charge in [-0.2, -0.15) is 0 Å². The molecule has 0 heterocycles. The fourth-order valence-electron chi connectivity index (χ4n) is 3.08. The number of halogens is 2. The molecule has 2 N–H and O–H groups in total. The minimum Gasteiger partial charge on any atom is -0.389 e. The highest BCUT2D eigenvalue weighted by atomic mass is 19.1. The van der Waals surface area contributed by atoms with E-state index in [1.807, 2.05) is 6.92 Å². The molecule has 3 atom stereocenters. The van der Waals surface area contributed by atoms with Crippen LogP contribution in [0.15, 0.2) is 18.2 Å². The second kappa shape index (κ2) is 6.19. The fourth-order valence-corrected chi connectivity index (χ4v) is 3.08. The highest BCUT2D eigenvalue weighted by Gasteiger charge is 2.32. The van der Waals surface area contributed by atoms with E-state index >= 15 is 0 Å². The molecule has 1 aromatic rings. The number of aliphatic hydroxyl groups is 1. The van der Waals surface area contributed by atoms with Crippen molar-refractivity contribution in [2.45, 2.75) is 51.2 Å². The molecule has 3 unspecified atom stereocenters. The Morgan fingerprint density at radius 2 is 2.00 bits per heavy atom. The highest BCUT2D eigenvalue weighted by Crippen LogP contribution is 2.32. The molecule has 1 saturated carbocycles. The van der Waals surface area contributed by atoms with Crippen LogP contribution in [0.1, 0.15) is 51.1 Å². The van der Waals surface area contributed by atoms with E-state index in [-0.39, 0.29) is 6.04 Å². The summed E-state index contributed by atoms with van der Waals surface area (Å²) in [4.78, 5) is 0. The molecule has 1 aliphatic rings. The molecule has 1 fully saturated rings. The van der Waals surface area contributed by atoms with Gasteiger partial charge in [-0.25, -0.2) is 8.78 Å². The van der Waals surface area contributed by atoms with Crippen LogP contribution in [0.5, 0.6) is 0 Å². The van der Waals surface area contributed by atoms with E-state index in [1.54, 1.807) is 0 Å². The Morgan fingerprint density at radius 1 is 1.35 bits per heavy atom. The van der Waals surface area contributed by atoms with E-state index < -0.39 is 17.2 Å². The first kappa shape index (κ1) is 15.4. The smallest absolute Gasteiger partial charge is 0.126 e. The van der Waals surface area contributed by atoms with Gasteiger partial charge in [-0.3, -0.25) is 0 Å². The predicted molar refractivity (Wildman–Crippen MR) is 75.4 cm³/mol. The van der Waals surface area contributed by atoms with Crippen molar-refractivity contribution in [1.29, 1.82) is 0 Å². The van der Waals surface area contributed by atoms with E-state index in [0.29, 0.717) is 18.0 Å². The summed E-state index contributed by atoms with van der Waals surface area (Å²) in [5, 5.41) is 13.7. The largest absolute Gasteiger partial charge is 0.389 e. The summed E-state index contributed by atoms with van der Waals surface area (Å²) in [5.41, 5.74) is -0.132. The summed E-state index contributed by atoms with van der Waals surface area (Å²) in [5.74, 6) is -0.616. The summed E-state index contributed by atoms with van der Waals surface area (Å²) < 4.78 is 26.4. The Kier molecular flexibility index (Phi) is 4.76. The van der Waals surface area contributed by atoms with Gasteiger partial charge in [0.25, 0.3) is 0 Å². The van der Waals surface area contributed by atoms with Crippen LogP contribution >= 0.6 is 0 Å². The molecule has 0 amide bonds. The molecule has 0 saturated heterocycles. The standard InChI is InChI=1S/C16H23F2NO/c1-11-4-3-5-16(20,9-11)10-19-12(2)13-6-14(17)8-15(18)7-13/h6-8,11-12,19-20H,3-5,9-10H2,1-2H3. The van der Waals surface area contributed by atoms with Gasteiger partial charge in [-0.15, -0.1) is 0 Å². The van der Waals surface area contributed by atoms with Gasteiger partial charge >= 0.3 is 0 Å². The van der Waals surface area contributed by atoms with E-state index in [9.17, 15) is 13.9 Å². The lowest BCUT2D eigenvalue weighted by Crippen LogP contribution is -2.44. The number of hydrogen-bond donors (Lipinski definition) is 2. The SMILES string of the molecule is CC1CCCC(O)(CNC(C)c2cc(F)cc(F)c2)C1. The Hall–Kier alpha value is -1.00. The van der Waals surface area contributed by atoms with Crippen LogP contribution in [0.25, 0.3) is 0 Å². The topological polar surface area (TPSA) is 32.3 Å². The van der Waals surface area contributed by atoms with E-state index in [1.165, 1.54) is 12.1 Å². The molecule has 0 aliphatic heterocycles. The van der Waals surface area contributed by atoms with Crippen molar-refractivity contribution in [3.63, 3.8) is 0 Å². The van der Waals surface area contributed by atoms with Crippen LogP contribution in [0.4, 0.5) is 8.78 Å². The highest BCUT2D eigenvalue weighted by molar-refractivity contribution is 5.21. The molecule has 1 aliphatic carbocycles. The Bertz CT molecular complexity index is 446. The van der Waals surface area contributed by atoms with Crippen LogP contribution < -0.4 is 5.32 Å². The molecule has 112 valence electrons. The molecular formula is C16H23F2NO. The quantitative estimate of drug-likeness (QED) is 0.885. The third kappa shape index (κ3) is 4.00. The molecular weight excluding hydrogens is 260 g/mol. The van der Waals surface area contributed by atoms with E-state index in [2.05, 4.69) is 12.2 Å². The molecule has 2 rings (SSSR count). The van der Waals surface area contributed by atoms with Crippen molar-refractivity contribution < 1.29 is 13.9 Å². The average molecular weight is 283 g/mol. The van der Waals surface area contributed by atoms with Gasteiger partial charge in [0, 0.05) is 18.7 Å². The second-order valence-electron chi connectivity index (χ2n) is 6.23. The lowest BCUT2D eigenvalue weighted by molar-refractivity contribution is -0.0134. The minimum atomic E-state index is -0.697. The summed E-state index contributed by atoms with van der Waals surface area (Å²) in [6.45, 7) is 4.45. The van der Waals surface area contributed by atoms with Crippen molar-refractivity contribution in [3.8, 4) is 0 Å². The summed E-state index contributed by atoms with van der Waals surface area (Å²) in [6, 6.07) is 3.33. The van der Waals surface area contributed by atoms with Crippen LogP contribution in [0, 0.1) is 17.6 Å². The minimum absolute atomic E-state index is 0.193. The van der Waals surface area contributed by atoms with Gasteiger partial charge < -0.3 is 10.4 Å². The van der Waals surface area contributed by atoms with Gasteiger partial charge in [0.1, 0.15) is 11.6 Å². The number of nitrogens with one attached hydrogen (secondary N) is 1. The Morgan fingerprint density at radius 3 is 2.60 bits per heavy atom. The van der Waals surface area contributed by atoms with E-state index in [4.69, 9.17) is 0 Å². The normalized spacial score (nSPS) is 28.4. The molecule has 0 bridgehead atoms.